The number of carbonyl (C=O) groups is 1. The molecule has 0 spiro atoms. The van der Waals surface area contributed by atoms with Gasteiger partial charge in [-0.25, -0.2) is 9.97 Å². The number of alkyl halides is 3. The molecular weight excluding hydrogens is 575 g/mol. The summed E-state index contributed by atoms with van der Waals surface area (Å²) in [5.74, 6) is -1.21. The van der Waals surface area contributed by atoms with Crippen molar-refractivity contribution in [1.29, 1.82) is 0 Å². The maximum atomic E-state index is 13.3. The molecular formula is C28H35BrF3N5O2. The van der Waals surface area contributed by atoms with E-state index < -0.39 is 12.0 Å². The predicted molar refractivity (Wildman–Crippen MR) is 147 cm³/mol. The highest BCUT2D eigenvalue weighted by Gasteiger charge is 2.41. The molecule has 2 aliphatic rings. The minimum Gasteiger partial charge on any atom is -0.396 e. The van der Waals surface area contributed by atoms with E-state index in [1.54, 1.807) is 4.90 Å². The van der Waals surface area contributed by atoms with E-state index in [1.807, 2.05) is 19.1 Å². The molecule has 2 aromatic rings. The molecule has 0 unspecified atom stereocenters. The third kappa shape index (κ3) is 6.62. The van der Waals surface area contributed by atoms with Gasteiger partial charge in [0, 0.05) is 29.0 Å². The summed E-state index contributed by atoms with van der Waals surface area (Å²) in [6, 6.07) is 8.16. The molecule has 4 rings (SSSR count). The number of aromatic nitrogens is 2. The van der Waals surface area contributed by atoms with Crippen molar-refractivity contribution in [1.82, 2.24) is 19.8 Å². The molecule has 1 aromatic heterocycles. The summed E-state index contributed by atoms with van der Waals surface area (Å²) in [6.45, 7) is 10.5. The van der Waals surface area contributed by atoms with Crippen molar-refractivity contribution < 1.29 is 22.8 Å². The minimum atomic E-state index is -4.65. The highest BCUT2D eigenvalue weighted by Crippen LogP contribution is 2.35. The van der Waals surface area contributed by atoms with Crippen LogP contribution in [0.4, 0.5) is 13.2 Å². The Morgan fingerprint density at radius 2 is 1.64 bits per heavy atom. The highest BCUT2D eigenvalue weighted by atomic mass is 79.9. The van der Waals surface area contributed by atoms with Gasteiger partial charge < -0.3 is 9.74 Å². The van der Waals surface area contributed by atoms with Crippen molar-refractivity contribution in [3.05, 3.63) is 57.1 Å². The maximum absolute atomic E-state index is 13.3. The molecule has 0 bridgehead atoms. The van der Waals surface area contributed by atoms with Gasteiger partial charge in [-0.1, -0.05) is 33.2 Å². The normalized spacial score (nSPS) is 19.3. The van der Waals surface area contributed by atoms with E-state index in [1.165, 1.54) is 13.8 Å². The van der Waals surface area contributed by atoms with Crippen molar-refractivity contribution >= 4 is 27.5 Å². The van der Waals surface area contributed by atoms with E-state index in [9.17, 15) is 18.0 Å². The first kappa shape index (κ1) is 29.5. The zero-order valence-electron chi connectivity index (χ0n) is 22.8. The van der Waals surface area contributed by atoms with E-state index in [4.69, 9.17) is 4.84 Å². The second kappa shape index (κ2) is 11.9. The maximum Gasteiger partial charge on any atom is 0.451 e. The average Bonchev–Trinajstić information content (AvgIpc) is 2.89. The lowest BCUT2D eigenvalue weighted by Crippen LogP contribution is -2.56. The molecule has 212 valence electrons. The molecule has 1 amide bonds. The number of benzene rings is 1. The number of hydrogen-bond donors (Lipinski definition) is 0. The van der Waals surface area contributed by atoms with Crippen LogP contribution in [0.3, 0.4) is 0 Å². The number of aryl methyl sites for hydroxylation is 2. The number of amides is 1. The predicted octanol–water partition coefficient (Wildman–Crippen LogP) is 6.02. The molecule has 11 heteroatoms. The summed E-state index contributed by atoms with van der Waals surface area (Å²) in [6.07, 6.45) is -1.15. The van der Waals surface area contributed by atoms with Crippen molar-refractivity contribution in [2.75, 3.05) is 32.8 Å². The third-order valence-corrected chi connectivity index (χ3v) is 8.47. The van der Waals surface area contributed by atoms with E-state index in [2.05, 4.69) is 55.0 Å². The SMILES string of the molecule is CCO/N=C(/c1ccc(Br)cc1)C1CCN(C2(C)CCN(C(=O)c3c(C)nc(C(F)(F)F)nc3C)CC2)CC1. The molecule has 0 radical (unpaired) electrons. The standard InChI is InChI=1S/C28H35BrF3N5O2/c1-5-39-35-24(20-6-8-22(29)9-7-20)21-10-14-37(15-11-21)27(4)12-16-36(17-13-27)25(38)23-18(2)33-26(28(30,31)32)34-19(23)3/h6-9,21H,5,10-17H2,1-4H3/b35-24-. The number of carbonyl (C=O) groups excluding carboxylic acids is 1. The van der Waals surface area contributed by atoms with Gasteiger partial charge in [-0.05, 0) is 84.2 Å². The molecule has 3 heterocycles. The molecule has 2 fully saturated rings. The van der Waals surface area contributed by atoms with E-state index in [0.717, 1.165) is 54.5 Å². The number of hydrogen-bond acceptors (Lipinski definition) is 6. The van der Waals surface area contributed by atoms with Gasteiger partial charge in [-0.3, -0.25) is 9.69 Å². The Bertz CT molecular complexity index is 1180. The summed E-state index contributed by atoms with van der Waals surface area (Å²) < 4.78 is 40.3. The van der Waals surface area contributed by atoms with Gasteiger partial charge in [-0.2, -0.15) is 13.2 Å². The fourth-order valence-electron chi connectivity index (χ4n) is 5.63. The van der Waals surface area contributed by atoms with Crippen LogP contribution in [0.2, 0.25) is 0 Å². The summed E-state index contributed by atoms with van der Waals surface area (Å²) in [5.41, 5.74) is 2.29. The Labute approximate surface area is 235 Å². The largest absolute Gasteiger partial charge is 0.451 e. The number of halogens is 4. The van der Waals surface area contributed by atoms with Crippen LogP contribution in [0.15, 0.2) is 33.9 Å². The number of oxime groups is 1. The van der Waals surface area contributed by atoms with Crippen molar-refractivity contribution in [3.8, 4) is 0 Å². The molecule has 7 nitrogen and oxygen atoms in total. The van der Waals surface area contributed by atoms with Crippen LogP contribution >= 0.6 is 15.9 Å². The number of piperidine rings is 2. The Morgan fingerprint density at radius 1 is 1.08 bits per heavy atom. The van der Waals surface area contributed by atoms with Gasteiger partial charge in [-0.15, -0.1) is 0 Å². The first-order chi connectivity index (χ1) is 18.4. The average molecular weight is 611 g/mol. The van der Waals surface area contributed by atoms with Gasteiger partial charge >= 0.3 is 6.18 Å². The van der Waals surface area contributed by atoms with E-state index in [-0.39, 0.29) is 28.4 Å². The molecule has 0 aliphatic carbocycles. The minimum absolute atomic E-state index is 0.0582. The second-order valence-corrected chi connectivity index (χ2v) is 11.5. The van der Waals surface area contributed by atoms with Gasteiger partial charge in [0.15, 0.2) is 0 Å². The molecule has 0 N–H and O–H groups in total. The van der Waals surface area contributed by atoms with E-state index >= 15 is 0 Å². The zero-order chi connectivity index (χ0) is 28.4. The lowest BCUT2D eigenvalue weighted by Gasteiger charge is -2.49. The lowest BCUT2D eigenvalue weighted by molar-refractivity contribution is -0.145. The van der Waals surface area contributed by atoms with Crippen molar-refractivity contribution in [2.24, 2.45) is 11.1 Å². The smallest absolute Gasteiger partial charge is 0.396 e. The Balaban J connectivity index is 1.39. The molecule has 2 saturated heterocycles. The summed E-state index contributed by atoms with van der Waals surface area (Å²) in [4.78, 5) is 30.1. The quantitative estimate of drug-likeness (QED) is 0.296. The molecule has 0 saturated carbocycles. The van der Waals surface area contributed by atoms with Gasteiger partial charge in [0.1, 0.15) is 6.61 Å². The van der Waals surface area contributed by atoms with Crippen LogP contribution < -0.4 is 0 Å². The molecule has 39 heavy (non-hydrogen) atoms. The van der Waals surface area contributed by atoms with Crippen LogP contribution in [0.5, 0.6) is 0 Å². The fourth-order valence-corrected chi connectivity index (χ4v) is 5.89. The Hall–Kier alpha value is -2.53. The van der Waals surface area contributed by atoms with Crippen molar-refractivity contribution in [3.63, 3.8) is 0 Å². The van der Waals surface area contributed by atoms with Crippen molar-refractivity contribution in [2.45, 2.75) is 65.1 Å². The third-order valence-electron chi connectivity index (χ3n) is 7.94. The van der Waals surface area contributed by atoms with E-state index in [0.29, 0.717) is 25.6 Å². The topological polar surface area (TPSA) is 70.9 Å². The number of rotatable bonds is 6. The van der Waals surface area contributed by atoms with Gasteiger partial charge in [0.05, 0.1) is 22.7 Å². The number of nitrogens with zero attached hydrogens (tertiary/aromatic N) is 5. The van der Waals surface area contributed by atoms with Gasteiger partial charge in [0.25, 0.3) is 5.91 Å². The number of likely N-dealkylation sites (tertiary alicyclic amines) is 2. The van der Waals surface area contributed by atoms with Crippen LogP contribution in [0.1, 0.15) is 72.7 Å². The molecule has 0 atom stereocenters. The Morgan fingerprint density at radius 3 is 2.15 bits per heavy atom. The summed E-state index contributed by atoms with van der Waals surface area (Å²) in [5, 5.41) is 4.48. The first-order valence-electron chi connectivity index (χ1n) is 13.4. The Kier molecular flexibility index (Phi) is 9.00. The second-order valence-electron chi connectivity index (χ2n) is 10.5. The lowest BCUT2D eigenvalue weighted by atomic mass is 9.82. The molecule has 2 aliphatic heterocycles. The van der Waals surface area contributed by atoms with Crippen LogP contribution in [-0.4, -0.2) is 69.7 Å². The van der Waals surface area contributed by atoms with Crippen LogP contribution in [0.25, 0.3) is 0 Å². The van der Waals surface area contributed by atoms with Crippen LogP contribution in [-0.2, 0) is 11.0 Å². The molecule has 1 aromatic carbocycles. The zero-order valence-corrected chi connectivity index (χ0v) is 24.4. The first-order valence-corrected chi connectivity index (χ1v) is 14.1. The summed E-state index contributed by atoms with van der Waals surface area (Å²) in [7, 11) is 0. The monoisotopic (exact) mass is 609 g/mol. The fraction of sp³-hybridized carbons (Fsp3) is 0.571. The van der Waals surface area contributed by atoms with Gasteiger partial charge in [0.2, 0.25) is 5.82 Å². The highest BCUT2D eigenvalue weighted by molar-refractivity contribution is 9.10. The summed E-state index contributed by atoms with van der Waals surface area (Å²) >= 11 is 3.49. The van der Waals surface area contributed by atoms with Crippen LogP contribution in [0, 0.1) is 19.8 Å².